The maximum atomic E-state index is 13.0. The van der Waals surface area contributed by atoms with Crippen molar-refractivity contribution in [3.63, 3.8) is 0 Å². The van der Waals surface area contributed by atoms with E-state index in [-0.39, 0.29) is 11.5 Å². The first kappa shape index (κ1) is 13.1. The number of benzene rings is 1. The molecule has 0 spiro atoms. The molecular weight excluding hydrogens is 208 g/mol. The highest BCUT2D eigenvalue weighted by molar-refractivity contribution is 5.28. The summed E-state index contributed by atoms with van der Waals surface area (Å²) in [5.41, 5.74) is 6.77. The van der Waals surface area contributed by atoms with Crippen molar-refractivity contribution < 1.29 is 8.78 Å². The Labute approximate surface area is 95.7 Å². The van der Waals surface area contributed by atoms with Crippen LogP contribution in [0, 0.1) is 5.92 Å². The van der Waals surface area contributed by atoms with E-state index < -0.39 is 5.92 Å². The van der Waals surface area contributed by atoms with Gasteiger partial charge in [0.25, 0.3) is 5.92 Å². The van der Waals surface area contributed by atoms with Gasteiger partial charge < -0.3 is 5.73 Å². The minimum Gasteiger partial charge on any atom is -0.330 e. The molecule has 0 amide bonds. The van der Waals surface area contributed by atoms with Crippen molar-refractivity contribution in [1.82, 2.24) is 0 Å². The van der Waals surface area contributed by atoms with E-state index in [2.05, 4.69) is 13.8 Å². The lowest BCUT2D eigenvalue weighted by atomic mass is 9.88. The number of halogens is 2. The molecule has 0 aliphatic rings. The van der Waals surface area contributed by atoms with Crippen LogP contribution in [0.3, 0.4) is 0 Å². The van der Waals surface area contributed by atoms with Crippen LogP contribution in [0.25, 0.3) is 0 Å². The first-order valence-electron chi connectivity index (χ1n) is 5.54. The largest absolute Gasteiger partial charge is 0.330 e. The molecule has 0 aromatic heterocycles. The minimum atomic E-state index is -2.77. The second-order valence-corrected chi connectivity index (χ2v) is 4.60. The van der Waals surface area contributed by atoms with Crippen LogP contribution in [-0.4, -0.2) is 6.54 Å². The van der Waals surface area contributed by atoms with E-state index in [0.717, 1.165) is 12.5 Å². The third-order valence-corrected chi connectivity index (χ3v) is 2.90. The zero-order valence-electron chi connectivity index (χ0n) is 10.0. The highest BCUT2D eigenvalue weighted by Gasteiger charge is 2.24. The summed E-state index contributed by atoms with van der Waals surface area (Å²) in [6.07, 6.45) is 0. The first-order chi connectivity index (χ1) is 7.36. The van der Waals surface area contributed by atoms with Crippen LogP contribution in [0.15, 0.2) is 24.3 Å². The molecule has 1 unspecified atom stereocenters. The molecule has 0 saturated heterocycles. The minimum absolute atomic E-state index is 0.0516. The summed E-state index contributed by atoms with van der Waals surface area (Å²) in [5, 5.41) is 0. The van der Waals surface area contributed by atoms with Crippen molar-refractivity contribution in [2.45, 2.75) is 32.6 Å². The van der Waals surface area contributed by atoms with Crippen molar-refractivity contribution in [1.29, 1.82) is 0 Å². The van der Waals surface area contributed by atoms with E-state index in [1.165, 1.54) is 12.1 Å². The highest BCUT2D eigenvalue weighted by atomic mass is 19.3. The predicted molar refractivity (Wildman–Crippen MR) is 62.6 cm³/mol. The normalized spacial score (nSPS) is 14.2. The Balaban J connectivity index is 2.94. The average molecular weight is 227 g/mol. The molecule has 1 rings (SSSR count). The van der Waals surface area contributed by atoms with Gasteiger partial charge in [-0.1, -0.05) is 38.1 Å². The number of hydrogen-bond acceptors (Lipinski definition) is 1. The molecule has 0 fully saturated rings. The zero-order chi connectivity index (χ0) is 12.3. The lowest BCUT2D eigenvalue weighted by Gasteiger charge is -2.20. The Morgan fingerprint density at radius 2 is 1.69 bits per heavy atom. The van der Waals surface area contributed by atoms with Gasteiger partial charge in [-0.2, -0.15) is 0 Å². The van der Waals surface area contributed by atoms with Crippen molar-refractivity contribution >= 4 is 0 Å². The van der Waals surface area contributed by atoms with E-state index >= 15 is 0 Å². The quantitative estimate of drug-likeness (QED) is 0.837. The second-order valence-electron chi connectivity index (χ2n) is 4.60. The molecule has 1 aromatic carbocycles. The number of nitrogens with two attached hydrogens (primary N) is 1. The molecule has 0 aliphatic heterocycles. The summed E-state index contributed by atoms with van der Waals surface area (Å²) >= 11 is 0. The van der Waals surface area contributed by atoms with E-state index in [0.29, 0.717) is 12.5 Å². The zero-order valence-corrected chi connectivity index (χ0v) is 10.0. The molecular formula is C13H19F2N. The number of rotatable bonds is 4. The average Bonchev–Trinajstić information content (AvgIpc) is 2.17. The molecule has 0 bridgehead atoms. The molecule has 0 saturated carbocycles. The summed E-state index contributed by atoms with van der Waals surface area (Å²) in [4.78, 5) is 0. The fourth-order valence-electron chi connectivity index (χ4n) is 1.82. The Hall–Kier alpha value is -0.960. The Bertz CT molecular complexity index is 325. The summed E-state index contributed by atoms with van der Waals surface area (Å²) in [7, 11) is 0. The maximum absolute atomic E-state index is 13.0. The lowest BCUT2D eigenvalue weighted by Crippen LogP contribution is -2.18. The van der Waals surface area contributed by atoms with Gasteiger partial charge in [0.1, 0.15) is 0 Å². The first-order valence-corrected chi connectivity index (χ1v) is 5.54. The number of alkyl halides is 2. The summed E-state index contributed by atoms with van der Waals surface area (Å²) in [5.74, 6) is -2.12. The number of hydrogen-bond donors (Lipinski definition) is 1. The van der Waals surface area contributed by atoms with Gasteiger partial charge in [0, 0.05) is 12.5 Å². The fourth-order valence-corrected chi connectivity index (χ4v) is 1.82. The highest BCUT2D eigenvalue weighted by Crippen LogP contribution is 2.29. The summed E-state index contributed by atoms with van der Waals surface area (Å²) < 4.78 is 26.0. The van der Waals surface area contributed by atoms with E-state index in [9.17, 15) is 8.78 Å². The van der Waals surface area contributed by atoms with Gasteiger partial charge in [0.2, 0.25) is 0 Å². The van der Waals surface area contributed by atoms with Crippen LogP contribution in [0.2, 0.25) is 0 Å². The van der Waals surface area contributed by atoms with E-state index in [4.69, 9.17) is 5.73 Å². The molecule has 3 heteroatoms. The fraction of sp³-hybridized carbons (Fsp3) is 0.538. The van der Waals surface area contributed by atoms with Crippen molar-refractivity contribution in [3.05, 3.63) is 35.4 Å². The molecule has 0 radical (unpaired) electrons. The van der Waals surface area contributed by atoms with Crippen molar-refractivity contribution in [3.8, 4) is 0 Å². The summed E-state index contributed by atoms with van der Waals surface area (Å²) in [6.45, 7) is 5.62. The lowest BCUT2D eigenvalue weighted by molar-refractivity contribution is 0.0174. The van der Waals surface area contributed by atoms with Gasteiger partial charge in [-0.3, -0.25) is 0 Å². The molecule has 0 heterocycles. The molecule has 1 aromatic rings. The Morgan fingerprint density at radius 1 is 1.19 bits per heavy atom. The molecule has 16 heavy (non-hydrogen) atoms. The van der Waals surface area contributed by atoms with Gasteiger partial charge in [0.05, 0.1) is 0 Å². The third kappa shape index (κ3) is 3.01. The predicted octanol–water partition coefficient (Wildman–Crippen LogP) is 3.50. The Morgan fingerprint density at radius 3 is 2.00 bits per heavy atom. The van der Waals surface area contributed by atoms with Crippen LogP contribution >= 0.6 is 0 Å². The second kappa shape index (κ2) is 4.91. The van der Waals surface area contributed by atoms with Gasteiger partial charge in [-0.05, 0) is 23.9 Å². The maximum Gasteiger partial charge on any atom is 0.270 e. The van der Waals surface area contributed by atoms with Crippen LogP contribution in [0.1, 0.15) is 37.8 Å². The molecule has 1 nitrogen and oxygen atoms in total. The monoisotopic (exact) mass is 227 g/mol. The Kier molecular flexibility index (Phi) is 4.03. The summed E-state index contributed by atoms with van der Waals surface area (Å²) in [6, 6.07) is 6.48. The van der Waals surface area contributed by atoms with E-state index in [1.807, 2.05) is 0 Å². The SMILES string of the molecule is CC(C)C(CN)c1ccc(C(C)(F)F)cc1. The van der Waals surface area contributed by atoms with Crippen LogP contribution in [0.5, 0.6) is 0 Å². The molecule has 90 valence electrons. The molecule has 0 aliphatic carbocycles. The molecule has 1 atom stereocenters. The van der Waals surface area contributed by atoms with E-state index in [1.54, 1.807) is 12.1 Å². The van der Waals surface area contributed by atoms with Crippen molar-refractivity contribution in [2.75, 3.05) is 6.54 Å². The van der Waals surface area contributed by atoms with Gasteiger partial charge in [-0.15, -0.1) is 0 Å². The molecule has 2 N–H and O–H groups in total. The standard InChI is InChI=1S/C13H19F2N/c1-9(2)12(8-16)10-4-6-11(7-5-10)13(3,14)15/h4-7,9,12H,8,16H2,1-3H3. The third-order valence-electron chi connectivity index (χ3n) is 2.90. The van der Waals surface area contributed by atoms with Crippen LogP contribution < -0.4 is 5.73 Å². The van der Waals surface area contributed by atoms with Crippen molar-refractivity contribution in [2.24, 2.45) is 11.7 Å². The van der Waals surface area contributed by atoms with Gasteiger partial charge in [-0.25, -0.2) is 8.78 Å². The van der Waals surface area contributed by atoms with Crippen LogP contribution in [0.4, 0.5) is 8.78 Å². The smallest absolute Gasteiger partial charge is 0.270 e. The van der Waals surface area contributed by atoms with Gasteiger partial charge >= 0.3 is 0 Å². The topological polar surface area (TPSA) is 26.0 Å². The van der Waals surface area contributed by atoms with Crippen LogP contribution in [-0.2, 0) is 5.92 Å². The van der Waals surface area contributed by atoms with Gasteiger partial charge in [0.15, 0.2) is 0 Å².